The Kier molecular flexibility index (Phi) is 23.7. The van der Waals surface area contributed by atoms with Gasteiger partial charge in [-0.05, 0) is 20.8 Å². The quantitative estimate of drug-likeness (QED) is 0.345. The highest BCUT2D eigenvalue weighted by Gasteiger charge is 2.26. The highest BCUT2D eigenvalue weighted by atomic mass is 16.7. The van der Waals surface area contributed by atoms with E-state index in [-0.39, 0.29) is 6.29 Å². The Labute approximate surface area is 133 Å². The molecule has 0 aromatic heterocycles. The molecule has 0 fully saturated rings. The number of aliphatic hydroxyl groups excluding tert-OH is 4. The molecule has 0 aromatic rings. The Hall–Kier alpha value is -0.960. The first-order valence-corrected chi connectivity index (χ1v) is 7.01. The lowest BCUT2D eigenvalue weighted by atomic mass is 9.93. The van der Waals surface area contributed by atoms with Crippen molar-refractivity contribution in [3.05, 3.63) is 25.7 Å². The van der Waals surface area contributed by atoms with E-state index in [0.29, 0.717) is 0 Å². The van der Waals surface area contributed by atoms with Gasteiger partial charge in [-0.2, -0.15) is 0 Å². The molecule has 134 valence electrons. The lowest BCUT2D eigenvalue weighted by Crippen LogP contribution is -2.37. The minimum absolute atomic E-state index is 0.0370. The Morgan fingerprint density at radius 2 is 1.18 bits per heavy atom. The monoisotopic (exact) mass is 324 g/mol. The predicted molar refractivity (Wildman–Crippen MR) is 85.0 cm³/mol. The van der Waals surface area contributed by atoms with E-state index in [1.807, 2.05) is 20.8 Å². The normalized spacial score (nSPS) is 10.0. The van der Waals surface area contributed by atoms with Gasteiger partial charge in [0.05, 0.1) is 44.4 Å². The summed E-state index contributed by atoms with van der Waals surface area (Å²) in [7, 11) is 0. The fraction of sp³-hybridized carbons (Fsp3) is 0.733. The number of hydrogen-bond donors (Lipinski definition) is 4. The van der Waals surface area contributed by atoms with Crippen LogP contribution >= 0.6 is 0 Å². The van der Waals surface area contributed by atoms with Crippen LogP contribution < -0.4 is 0 Å². The van der Waals surface area contributed by atoms with Crippen LogP contribution in [-0.4, -0.2) is 66.4 Å². The molecule has 0 saturated heterocycles. The summed E-state index contributed by atoms with van der Waals surface area (Å²) in [4.78, 5) is 0. The Morgan fingerprint density at radius 1 is 0.864 bits per heavy atom. The molecule has 4 N–H and O–H groups in total. The standard InChI is InChI=1S/C6H14O2.C5H12O4.C4H6O/c1-4-7-6(3)8-5-2;6-1-5(2-7,3-8)4-9;1-3-5-4-2/h6H,4-5H2,1-3H3;6-9H,1-4H2;3-4H,1-2H2. The van der Waals surface area contributed by atoms with Gasteiger partial charge in [0.2, 0.25) is 0 Å². The average molecular weight is 324 g/mol. The summed E-state index contributed by atoms with van der Waals surface area (Å²) in [6.07, 6.45) is 2.59. The predicted octanol–water partition coefficient (Wildman–Crippen LogP) is 0.637. The molecule has 7 nitrogen and oxygen atoms in total. The van der Waals surface area contributed by atoms with Gasteiger partial charge in [-0.1, -0.05) is 13.2 Å². The van der Waals surface area contributed by atoms with Gasteiger partial charge in [0.25, 0.3) is 0 Å². The van der Waals surface area contributed by atoms with Crippen molar-refractivity contribution in [2.24, 2.45) is 5.41 Å². The van der Waals surface area contributed by atoms with Crippen molar-refractivity contribution in [3.8, 4) is 0 Å². The number of ether oxygens (including phenoxy) is 3. The van der Waals surface area contributed by atoms with Gasteiger partial charge in [-0.25, -0.2) is 0 Å². The lowest BCUT2D eigenvalue weighted by molar-refractivity contribution is -0.123. The van der Waals surface area contributed by atoms with Crippen molar-refractivity contribution in [3.63, 3.8) is 0 Å². The van der Waals surface area contributed by atoms with Crippen molar-refractivity contribution in [1.29, 1.82) is 0 Å². The minimum atomic E-state index is -1.11. The Morgan fingerprint density at radius 3 is 1.27 bits per heavy atom. The fourth-order valence-electron chi connectivity index (χ4n) is 0.886. The zero-order valence-electron chi connectivity index (χ0n) is 13.9. The lowest BCUT2D eigenvalue weighted by Gasteiger charge is -2.23. The average Bonchev–Trinajstić information content (AvgIpc) is 2.53. The maximum atomic E-state index is 8.50. The first-order valence-electron chi connectivity index (χ1n) is 7.01. The first kappa shape index (κ1) is 26.0. The van der Waals surface area contributed by atoms with E-state index in [2.05, 4.69) is 17.9 Å². The van der Waals surface area contributed by atoms with Crippen LogP contribution in [0.2, 0.25) is 0 Å². The van der Waals surface area contributed by atoms with Crippen LogP contribution in [0.3, 0.4) is 0 Å². The van der Waals surface area contributed by atoms with Crippen molar-refractivity contribution in [2.45, 2.75) is 27.1 Å². The van der Waals surface area contributed by atoms with Crippen LogP contribution in [-0.2, 0) is 14.2 Å². The highest BCUT2D eigenvalue weighted by Crippen LogP contribution is 2.11. The van der Waals surface area contributed by atoms with Crippen LogP contribution in [0.15, 0.2) is 25.7 Å². The number of aliphatic hydroxyl groups is 4. The van der Waals surface area contributed by atoms with E-state index in [9.17, 15) is 0 Å². The first-order chi connectivity index (χ1) is 10.5. The molecule has 0 atom stereocenters. The zero-order valence-corrected chi connectivity index (χ0v) is 13.9. The minimum Gasteiger partial charge on any atom is -0.474 e. The van der Waals surface area contributed by atoms with Crippen molar-refractivity contribution < 1.29 is 34.6 Å². The largest absolute Gasteiger partial charge is 0.474 e. The molecule has 0 aliphatic carbocycles. The molecule has 0 saturated carbocycles. The van der Waals surface area contributed by atoms with Crippen molar-refractivity contribution in [2.75, 3.05) is 39.6 Å². The molecule has 0 rings (SSSR count). The molecule has 22 heavy (non-hydrogen) atoms. The summed E-state index contributed by atoms with van der Waals surface area (Å²) in [5.41, 5.74) is -1.11. The summed E-state index contributed by atoms with van der Waals surface area (Å²) < 4.78 is 14.5. The third kappa shape index (κ3) is 17.1. The van der Waals surface area contributed by atoms with E-state index in [0.717, 1.165) is 13.2 Å². The topological polar surface area (TPSA) is 109 Å². The van der Waals surface area contributed by atoms with E-state index in [4.69, 9.17) is 29.9 Å². The van der Waals surface area contributed by atoms with Gasteiger partial charge in [-0.15, -0.1) is 0 Å². The smallest absolute Gasteiger partial charge is 0.154 e. The van der Waals surface area contributed by atoms with Gasteiger partial charge >= 0.3 is 0 Å². The molecule has 0 heterocycles. The second kappa shape index (κ2) is 20.0. The molecule has 0 aromatic carbocycles. The van der Waals surface area contributed by atoms with Crippen LogP contribution in [0, 0.1) is 5.41 Å². The zero-order chi connectivity index (χ0) is 17.9. The molecule has 0 spiro atoms. The van der Waals surface area contributed by atoms with E-state index in [1.54, 1.807) is 0 Å². The van der Waals surface area contributed by atoms with E-state index >= 15 is 0 Å². The number of hydrogen-bond acceptors (Lipinski definition) is 7. The maximum absolute atomic E-state index is 8.50. The highest BCUT2D eigenvalue weighted by molar-refractivity contribution is 4.74. The Bertz CT molecular complexity index is 200. The van der Waals surface area contributed by atoms with Crippen molar-refractivity contribution >= 4 is 0 Å². The number of rotatable bonds is 10. The van der Waals surface area contributed by atoms with Gasteiger partial charge in [-0.3, -0.25) is 0 Å². The molecular formula is C15H32O7. The Balaban J connectivity index is -0.000000257. The molecular weight excluding hydrogens is 292 g/mol. The molecule has 0 aliphatic heterocycles. The van der Waals surface area contributed by atoms with Gasteiger partial charge < -0.3 is 34.6 Å². The third-order valence-electron chi connectivity index (χ3n) is 2.34. The second-order valence-corrected chi connectivity index (χ2v) is 4.08. The van der Waals surface area contributed by atoms with E-state index < -0.39 is 31.8 Å². The van der Waals surface area contributed by atoms with Crippen LogP contribution in [0.4, 0.5) is 0 Å². The van der Waals surface area contributed by atoms with Crippen LogP contribution in [0.25, 0.3) is 0 Å². The van der Waals surface area contributed by atoms with Gasteiger partial charge in [0.15, 0.2) is 6.29 Å². The van der Waals surface area contributed by atoms with Gasteiger partial charge in [0.1, 0.15) is 0 Å². The fourth-order valence-corrected chi connectivity index (χ4v) is 0.886. The molecule has 0 bridgehead atoms. The van der Waals surface area contributed by atoms with E-state index in [1.165, 1.54) is 12.5 Å². The SMILES string of the molecule is C=COC=C.CCOC(C)OCC.OCC(CO)(CO)CO. The van der Waals surface area contributed by atoms with Crippen molar-refractivity contribution in [1.82, 2.24) is 0 Å². The summed E-state index contributed by atoms with van der Waals surface area (Å²) in [6.45, 7) is 12.1. The summed E-state index contributed by atoms with van der Waals surface area (Å²) in [6, 6.07) is 0. The third-order valence-corrected chi connectivity index (χ3v) is 2.34. The second-order valence-electron chi connectivity index (χ2n) is 4.08. The molecule has 0 unspecified atom stereocenters. The van der Waals surface area contributed by atoms with Gasteiger partial charge in [0, 0.05) is 13.2 Å². The maximum Gasteiger partial charge on any atom is 0.154 e. The van der Waals surface area contributed by atoms with Crippen LogP contribution in [0.5, 0.6) is 0 Å². The van der Waals surface area contributed by atoms with Crippen LogP contribution in [0.1, 0.15) is 20.8 Å². The molecule has 0 radical (unpaired) electrons. The summed E-state index contributed by atoms with van der Waals surface area (Å²) in [5, 5.41) is 34.0. The molecule has 7 heteroatoms. The summed E-state index contributed by atoms with van der Waals surface area (Å²) >= 11 is 0. The molecule has 0 amide bonds. The summed E-state index contributed by atoms with van der Waals surface area (Å²) in [5.74, 6) is 0. The molecule has 0 aliphatic rings.